The molecule has 1 atom stereocenters. The number of ether oxygens (including phenoxy) is 3. The van der Waals surface area contributed by atoms with Gasteiger partial charge in [-0.15, -0.1) is 0 Å². The van der Waals surface area contributed by atoms with Gasteiger partial charge in [0.25, 0.3) is 0 Å². The van der Waals surface area contributed by atoms with Crippen LogP contribution in [-0.2, 0) is 6.54 Å². The van der Waals surface area contributed by atoms with Crippen LogP contribution in [0.2, 0.25) is 0 Å². The van der Waals surface area contributed by atoms with Crippen molar-refractivity contribution in [2.45, 2.75) is 32.9 Å². The molecule has 0 spiro atoms. The highest BCUT2D eigenvalue weighted by Crippen LogP contribution is 2.28. The number of aliphatic hydroxyl groups is 1. The number of para-hydroxylation sites is 1. The van der Waals surface area contributed by atoms with Gasteiger partial charge in [-0.3, -0.25) is 4.90 Å². The summed E-state index contributed by atoms with van der Waals surface area (Å²) in [6.07, 6.45) is 0.507. The molecule has 2 aromatic carbocycles. The molecule has 0 aliphatic heterocycles. The number of rotatable bonds is 12. The van der Waals surface area contributed by atoms with Crippen molar-refractivity contribution in [3.05, 3.63) is 54.1 Å². The number of hydrogen-bond acceptors (Lipinski definition) is 5. The van der Waals surface area contributed by atoms with Gasteiger partial charge in [0.2, 0.25) is 0 Å². The van der Waals surface area contributed by atoms with E-state index < -0.39 is 6.10 Å². The Balaban J connectivity index is 1.98. The van der Waals surface area contributed by atoms with Crippen LogP contribution in [0.15, 0.2) is 48.5 Å². The summed E-state index contributed by atoms with van der Waals surface area (Å²) in [6.45, 7) is 6.89. The van der Waals surface area contributed by atoms with Crippen molar-refractivity contribution < 1.29 is 19.3 Å². The van der Waals surface area contributed by atoms with Gasteiger partial charge in [0.05, 0.1) is 14.2 Å². The number of benzene rings is 2. The minimum Gasteiger partial charge on any atom is -0.493 e. The summed E-state index contributed by atoms with van der Waals surface area (Å²) < 4.78 is 16.4. The Morgan fingerprint density at radius 1 is 0.964 bits per heavy atom. The van der Waals surface area contributed by atoms with Crippen molar-refractivity contribution in [3.63, 3.8) is 0 Å². The SMILES string of the molecule is COc1ccc(CN(CCC(C)C)CC(O)COc2ccccc2)cc1OC. The van der Waals surface area contributed by atoms with E-state index in [1.165, 1.54) is 0 Å². The molecule has 28 heavy (non-hydrogen) atoms. The van der Waals surface area contributed by atoms with E-state index in [4.69, 9.17) is 14.2 Å². The van der Waals surface area contributed by atoms with E-state index in [1.54, 1.807) is 14.2 Å². The minimum absolute atomic E-state index is 0.272. The van der Waals surface area contributed by atoms with Gasteiger partial charge >= 0.3 is 0 Å². The maximum Gasteiger partial charge on any atom is 0.161 e. The number of hydrogen-bond donors (Lipinski definition) is 1. The molecule has 0 aromatic heterocycles. The molecule has 0 radical (unpaired) electrons. The van der Waals surface area contributed by atoms with E-state index in [-0.39, 0.29) is 6.61 Å². The van der Waals surface area contributed by atoms with Crippen molar-refractivity contribution in [2.24, 2.45) is 5.92 Å². The smallest absolute Gasteiger partial charge is 0.161 e. The molecule has 0 fully saturated rings. The van der Waals surface area contributed by atoms with E-state index in [9.17, 15) is 5.11 Å². The van der Waals surface area contributed by atoms with Gasteiger partial charge < -0.3 is 19.3 Å². The number of methoxy groups -OCH3 is 2. The first kappa shape index (κ1) is 22.1. The zero-order chi connectivity index (χ0) is 20.4. The molecule has 1 unspecified atom stereocenters. The summed E-state index contributed by atoms with van der Waals surface area (Å²) in [7, 11) is 3.28. The maximum absolute atomic E-state index is 10.5. The van der Waals surface area contributed by atoms with Crippen molar-refractivity contribution in [2.75, 3.05) is 33.9 Å². The lowest BCUT2D eigenvalue weighted by molar-refractivity contribution is 0.0639. The van der Waals surface area contributed by atoms with E-state index in [0.717, 1.165) is 42.3 Å². The summed E-state index contributed by atoms with van der Waals surface area (Å²) in [6, 6.07) is 15.5. The number of aliphatic hydroxyl groups excluding tert-OH is 1. The van der Waals surface area contributed by atoms with E-state index in [1.807, 2.05) is 48.5 Å². The lowest BCUT2D eigenvalue weighted by Gasteiger charge is -2.26. The topological polar surface area (TPSA) is 51.2 Å². The first-order chi connectivity index (χ1) is 13.5. The van der Waals surface area contributed by atoms with Crippen molar-refractivity contribution in [1.29, 1.82) is 0 Å². The van der Waals surface area contributed by atoms with Gasteiger partial charge in [-0.2, -0.15) is 0 Å². The van der Waals surface area contributed by atoms with Gasteiger partial charge in [-0.25, -0.2) is 0 Å². The fraction of sp³-hybridized carbons (Fsp3) is 0.478. The summed E-state index contributed by atoms with van der Waals surface area (Å²) in [5.41, 5.74) is 1.12. The molecule has 2 aromatic rings. The average Bonchev–Trinajstić information content (AvgIpc) is 2.71. The fourth-order valence-corrected chi connectivity index (χ4v) is 2.97. The lowest BCUT2D eigenvalue weighted by Crippen LogP contribution is -2.36. The molecular formula is C23H33NO4. The predicted octanol–water partition coefficient (Wildman–Crippen LogP) is 3.99. The Hall–Kier alpha value is -2.24. The van der Waals surface area contributed by atoms with E-state index in [2.05, 4.69) is 18.7 Å². The molecule has 1 N–H and O–H groups in total. The van der Waals surface area contributed by atoms with Crippen LogP contribution in [0.25, 0.3) is 0 Å². The Bertz CT molecular complexity index is 690. The first-order valence-electron chi connectivity index (χ1n) is 9.81. The lowest BCUT2D eigenvalue weighted by atomic mass is 10.1. The molecular weight excluding hydrogens is 354 g/mol. The third-order valence-electron chi connectivity index (χ3n) is 4.53. The molecule has 5 heteroatoms. The molecule has 2 rings (SSSR count). The van der Waals surface area contributed by atoms with Gasteiger partial charge in [0.1, 0.15) is 18.5 Å². The molecule has 0 saturated heterocycles. The summed E-state index contributed by atoms with van der Waals surface area (Å²) in [4.78, 5) is 2.26. The summed E-state index contributed by atoms with van der Waals surface area (Å²) in [5, 5.41) is 10.5. The quantitative estimate of drug-likeness (QED) is 0.597. The van der Waals surface area contributed by atoms with Crippen molar-refractivity contribution in [3.8, 4) is 17.2 Å². The van der Waals surface area contributed by atoms with Crippen molar-refractivity contribution in [1.82, 2.24) is 4.90 Å². The average molecular weight is 388 g/mol. The molecule has 0 saturated carbocycles. The Morgan fingerprint density at radius 3 is 2.32 bits per heavy atom. The molecule has 154 valence electrons. The van der Waals surface area contributed by atoms with Crippen LogP contribution < -0.4 is 14.2 Å². The van der Waals surface area contributed by atoms with E-state index in [0.29, 0.717) is 12.5 Å². The molecule has 0 amide bonds. The Morgan fingerprint density at radius 2 is 1.68 bits per heavy atom. The molecule has 0 heterocycles. The van der Waals surface area contributed by atoms with Gasteiger partial charge in [-0.1, -0.05) is 38.1 Å². The van der Waals surface area contributed by atoms with Crippen molar-refractivity contribution >= 4 is 0 Å². The Labute approximate surface area is 168 Å². The molecule has 0 bridgehead atoms. The third kappa shape index (κ3) is 7.41. The predicted molar refractivity (Wildman–Crippen MR) is 112 cm³/mol. The van der Waals surface area contributed by atoms with Crippen LogP contribution in [0, 0.1) is 5.92 Å². The minimum atomic E-state index is -0.562. The maximum atomic E-state index is 10.5. The molecule has 5 nitrogen and oxygen atoms in total. The van der Waals surface area contributed by atoms with Crippen LogP contribution in [0.1, 0.15) is 25.8 Å². The monoisotopic (exact) mass is 387 g/mol. The van der Waals surface area contributed by atoms with Crippen LogP contribution in [0.3, 0.4) is 0 Å². The van der Waals surface area contributed by atoms with E-state index >= 15 is 0 Å². The number of nitrogens with zero attached hydrogens (tertiary/aromatic N) is 1. The second-order valence-corrected chi connectivity index (χ2v) is 7.38. The normalized spacial score (nSPS) is 12.2. The standard InChI is InChI=1S/C23H33NO4/c1-18(2)12-13-24(15-19-10-11-22(26-3)23(14-19)27-4)16-20(25)17-28-21-8-6-5-7-9-21/h5-11,14,18,20,25H,12-13,15-17H2,1-4H3. The summed E-state index contributed by atoms with van der Waals surface area (Å²) in [5.74, 6) is 2.81. The highest BCUT2D eigenvalue weighted by molar-refractivity contribution is 5.42. The van der Waals surface area contributed by atoms with Gasteiger partial charge in [0.15, 0.2) is 11.5 Å². The second kappa shape index (κ2) is 11.6. The first-order valence-corrected chi connectivity index (χ1v) is 9.81. The Kier molecular flexibility index (Phi) is 9.11. The highest BCUT2D eigenvalue weighted by Gasteiger charge is 2.15. The van der Waals surface area contributed by atoms with Crippen LogP contribution in [0.4, 0.5) is 0 Å². The molecule has 0 aliphatic carbocycles. The fourth-order valence-electron chi connectivity index (χ4n) is 2.97. The van der Waals surface area contributed by atoms with Crippen LogP contribution in [0.5, 0.6) is 17.2 Å². The van der Waals surface area contributed by atoms with Gasteiger partial charge in [-0.05, 0) is 48.7 Å². The largest absolute Gasteiger partial charge is 0.493 e. The second-order valence-electron chi connectivity index (χ2n) is 7.38. The summed E-state index contributed by atoms with van der Waals surface area (Å²) >= 11 is 0. The third-order valence-corrected chi connectivity index (χ3v) is 4.53. The van der Waals surface area contributed by atoms with Crippen LogP contribution >= 0.6 is 0 Å². The highest BCUT2D eigenvalue weighted by atomic mass is 16.5. The van der Waals surface area contributed by atoms with Gasteiger partial charge in [0, 0.05) is 13.1 Å². The zero-order valence-electron chi connectivity index (χ0n) is 17.4. The zero-order valence-corrected chi connectivity index (χ0v) is 17.4. The molecule has 0 aliphatic rings. The van der Waals surface area contributed by atoms with Crippen LogP contribution in [-0.4, -0.2) is 50.0 Å².